The highest BCUT2D eigenvalue weighted by Gasteiger charge is 2.26. The van der Waals surface area contributed by atoms with Crippen LogP contribution < -0.4 is 5.32 Å². The molecule has 1 amide bonds. The minimum Gasteiger partial charge on any atom is -0.506 e. The molecule has 0 fully saturated rings. The molecule has 3 aromatic rings. The fraction of sp³-hybridized carbons (Fsp3) is 0. The lowest BCUT2D eigenvalue weighted by molar-refractivity contribution is -0.112. The largest absolute Gasteiger partial charge is 0.506 e. The van der Waals surface area contributed by atoms with E-state index >= 15 is 0 Å². The van der Waals surface area contributed by atoms with Gasteiger partial charge in [0, 0.05) is 11.6 Å². The fourth-order valence-corrected chi connectivity index (χ4v) is 2.18. The zero-order valence-corrected chi connectivity index (χ0v) is 11.5. The average Bonchev–Trinajstić information content (AvgIpc) is 2.84. The van der Waals surface area contributed by atoms with Gasteiger partial charge in [-0.25, -0.2) is 0 Å². The lowest BCUT2D eigenvalue weighted by Gasteiger charge is -1.96. The number of phenolic OH excluding ortho intramolecular Hbond substituents is 1. The summed E-state index contributed by atoms with van der Waals surface area (Å²) in [6.07, 6.45) is 1.67. The predicted molar refractivity (Wildman–Crippen MR) is 82.8 cm³/mol. The number of aromatic hydroxyl groups is 1. The van der Waals surface area contributed by atoms with Crippen molar-refractivity contribution in [1.29, 1.82) is 0 Å². The van der Waals surface area contributed by atoms with Crippen LogP contribution in [0.2, 0.25) is 0 Å². The Bertz CT molecular complexity index is 869. The number of hydrogen-bond acceptors (Lipinski definition) is 4. The molecule has 1 aliphatic heterocycles. The number of pyridine rings is 1. The van der Waals surface area contributed by atoms with Crippen molar-refractivity contribution in [3.05, 3.63) is 66.4 Å². The number of carbonyl (C=O) groups excluding carboxylic acids is 2. The predicted octanol–water partition coefficient (Wildman–Crippen LogP) is 2.76. The summed E-state index contributed by atoms with van der Waals surface area (Å²) in [5.74, 6) is -0.741. The maximum Gasteiger partial charge on any atom is 0.296 e. The van der Waals surface area contributed by atoms with Crippen LogP contribution in [0.15, 0.2) is 60.8 Å². The maximum absolute atomic E-state index is 11.0. The van der Waals surface area contributed by atoms with Gasteiger partial charge in [-0.1, -0.05) is 30.3 Å². The number of ketones is 1. The Morgan fingerprint density at radius 1 is 0.909 bits per heavy atom. The van der Waals surface area contributed by atoms with Crippen LogP contribution >= 0.6 is 0 Å². The minimum atomic E-state index is -0.536. The Kier molecular flexibility index (Phi) is 3.53. The van der Waals surface area contributed by atoms with E-state index in [0.717, 1.165) is 5.39 Å². The Balaban J connectivity index is 0.000000131. The topological polar surface area (TPSA) is 79.3 Å². The van der Waals surface area contributed by atoms with Crippen LogP contribution in [0.3, 0.4) is 0 Å². The first kappa shape index (κ1) is 13.8. The second-order valence-electron chi connectivity index (χ2n) is 4.68. The van der Waals surface area contributed by atoms with Gasteiger partial charge >= 0.3 is 0 Å². The van der Waals surface area contributed by atoms with E-state index in [4.69, 9.17) is 0 Å². The summed E-state index contributed by atoms with van der Waals surface area (Å²) in [7, 11) is 0. The molecule has 5 nitrogen and oxygen atoms in total. The van der Waals surface area contributed by atoms with Crippen molar-refractivity contribution in [1.82, 2.24) is 4.98 Å². The van der Waals surface area contributed by atoms with Crippen LogP contribution in [0, 0.1) is 0 Å². The number of para-hydroxylation sites is 2. The third kappa shape index (κ3) is 2.52. The zero-order chi connectivity index (χ0) is 15.5. The van der Waals surface area contributed by atoms with Gasteiger partial charge in [-0.15, -0.1) is 0 Å². The van der Waals surface area contributed by atoms with Crippen LogP contribution in [0.1, 0.15) is 10.4 Å². The normalized spacial score (nSPS) is 12.4. The number of rotatable bonds is 0. The Morgan fingerprint density at radius 3 is 2.45 bits per heavy atom. The van der Waals surface area contributed by atoms with Gasteiger partial charge in [0.05, 0.1) is 11.3 Å². The smallest absolute Gasteiger partial charge is 0.296 e. The zero-order valence-electron chi connectivity index (χ0n) is 11.5. The van der Waals surface area contributed by atoms with E-state index in [1.165, 1.54) is 0 Å². The number of phenols is 1. The number of anilines is 1. The number of amides is 1. The van der Waals surface area contributed by atoms with Crippen molar-refractivity contribution in [3.63, 3.8) is 0 Å². The molecule has 0 atom stereocenters. The number of nitrogens with zero attached hydrogens (tertiary/aromatic N) is 1. The fourth-order valence-electron chi connectivity index (χ4n) is 2.18. The second-order valence-corrected chi connectivity index (χ2v) is 4.68. The van der Waals surface area contributed by atoms with Gasteiger partial charge in [0.15, 0.2) is 0 Å². The molecule has 2 N–H and O–H groups in total. The number of carbonyl (C=O) groups is 2. The maximum atomic E-state index is 11.0. The van der Waals surface area contributed by atoms with E-state index in [-0.39, 0.29) is 5.75 Å². The van der Waals surface area contributed by atoms with Gasteiger partial charge in [0.2, 0.25) is 0 Å². The summed E-state index contributed by atoms with van der Waals surface area (Å²) in [5, 5.41) is 12.7. The summed E-state index contributed by atoms with van der Waals surface area (Å²) >= 11 is 0. The number of fused-ring (bicyclic) bond motifs is 2. The molecular weight excluding hydrogens is 280 g/mol. The summed E-state index contributed by atoms with van der Waals surface area (Å²) in [6.45, 7) is 0. The highest BCUT2D eigenvalue weighted by Crippen LogP contribution is 2.21. The first-order chi connectivity index (χ1) is 10.7. The average molecular weight is 292 g/mol. The van der Waals surface area contributed by atoms with Crippen molar-refractivity contribution < 1.29 is 14.7 Å². The number of Topliss-reactive ketones (excluding diaryl/α,β-unsaturated/α-hetero) is 1. The summed E-state index contributed by atoms with van der Waals surface area (Å²) < 4.78 is 0. The molecule has 108 valence electrons. The van der Waals surface area contributed by atoms with Crippen LogP contribution in [0.5, 0.6) is 5.75 Å². The van der Waals surface area contributed by atoms with Crippen molar-refractivity contribution in [3.8, 4) is 5.75 Å². The van der Waals surface area contributed by atoms with Crippen molar-refractivity contribution in [2.24, 2.45) is 0 Å². The van der Waals surface area contributed by atoms with Gasteiger partial charge in [0.25, 0.3) is 11.7 Å². The summed E-state index contributed by atoms with van der Waals surface area (Å²) in [4.78, 5) is 25.8. The minimum absolute atomic E-state index is 0.239. The highest BCUT2D eigenvalue weighted by molar-refractivity contribution is 6.51. The Hall–Kier alpha value is -3.21. The Labute approximate surface area is 126 Å². The highest BCUT2D eigenvalue weighted by atomic mass is 16.3. The van der Waals surface area contributed by atoms with Crippen molar-refractivity contribution in [2.45, 2.75) is 0 Å². The van der Waals surface area contributed by atoms with E-state index in [1.54, 1.807) is 42.6 Å². The molecule has 2 aromatic carbocycles. The van der Waals surface area contributed by atoms with Crippen molar-refractivity contribution in [2.75, 3.05) is 5.32 Å². The van der Waals surface area contributed by atoms with E-state index in [1.807, 2.05) is 18.2 Å². The molecule has 1 aromatic heterocycles. The van der Waals surface area contributed by atoms with E-state index in [2.05, 4.69) is 10.3 Å². The first-order valence-corrected chi connectivity index (χ1v) is 6.64. The van der Waals surface area contributed by atoms with Crippen molar-refractivity contribution >= 4 is 28.3 Å². The number of aromatic nitrogens is 1. The van der Waals surface area contributed by atoms with Crippen LogP contribution in [-0.4, -0.2) is 21.8 Å². The molecule has 0 aliphatic carbocycles. The molecule has 22 heavy (non-hydrogen) atoms. The van der Waals surface area contributed by atoms with Crippen LogP contribution in [0.4, 0.5) is 5.69 Å². The van der Waals surface area contributed by atoms with E-state index in [0.29, 0.717) is 16.8 Å². The molecule has 1 aliphatic rings. The third-order valence-corrected chi connectivity index (χ3v) is 3.24. The molecule has 0 unspecified atom stereocenters. The van der Waals surface area contributed by atoms with Gasteiger partial charge in [-0.2, -0.15) is 0 Å². The molecule has 0 radical (unpaired) electrons. The monoisotopic (exact) mass is 292 g/mol. The van der Waals surface area contributed by atoms with Crippen LogP contribution in [0.25, 0.3) is 10.9 Å². The lowest BCUT2D eigenvalue weighted by Crippen LogP contribution is -2.12. The van der Waals surface area contributed by atoms with Crippen LogP contribution in [-0.2, 0) is 4.79 Å². The molecule has 0 saturated carbocycles. The first-order valence-electron chi connectivity index (χ1n) is 6.64. The third-order valence-electron chi connectivity index (χ3n) is 3.24. The lowest BCUT2D eigenvalue weighted by atomic mass is 10.1. The summed E-state index contributed by atoms with van der Waals surface area (Å²) in [5.41, 5.74) is 1.75. The second kappa shape index (κ2) is 5.65. The van der Waals surface area contributed by atoms with E-state index < -0.39 is 11.7 Å². The van der Waals surface area contributed by atoms with Gasteiger partial charge in [-0.3, -0.25) is 14.6 Å². The van der Waals surface area contributed by atoms with Gasteiger partial charge in [-0.05, 0) is 24.3 Å². The number of benzene rings is 2. The Morgan fingerprint density at radius 2 is 1.68 bits per heavy atom. The number of nitrogens with one attached hydrogen (secondary N) is 1. The van der Waals surface area contributed by atoms with E-state index in [9.17, 15) is 14.7 Å². The molecule has 0 bridgehead atoms. The molecular formula is C17H12N2O3. The molecule has 4 rings (SSSR count). The quantitative estimate of drug-likeness (QED) is 0.624. The number of hydrogen-bond donors (Lipinski definition) is 2. The van der Waals surface area contributed by atoms with Gasteiger partial charge < -0.3 is 10.4 Å². The summed E-state index contributed by atoms with van der Waals surface area (Å²) in [6, 6.07) is 16.0. The molecule has 5 heteroatoms. The molecule has 0 spiro atoms. The standard InChI is InChI=1S/C9H7NO.C8H5NO2/c11-8-5-1-3-7-4-2-6-10-9(7)8;10-7-5-3-1-2-4-6(5)9-8(7)11/h1-6,11H;1-4H,(H,9,10,11). The SMILES string of the molecule is O=C1Nc2ccccc2C1=O.Oc1cccc2cccnc12. The van der Waals surface area contributed by atoms with Gasteiger partial charge in [0.1, 0.15) is 11.3 Å². The molecule has 2 heterocycles. The molecule has 0 saturated heterocycles.